The Kier molecular flexibility index (Phi) is 8.92. The molecule has 1 N–H and O–H groups in total. The lowest BCUT2D eigenvalue weighted by Crippen LogP contribution is -2.28. The van der Waals surface area contributed by atoms with Gasteiger partial charge < -0.3 is 5.11 Å². The zero-order chi connectivity index (χ0) is 32.6. The Morgan fingerprint density at radius 3 is 2.42 bits per heavy atom. The zero-order valence-corrected chi connectivity index (χ0v) is 23.7. The number of hydrogen-bond donors (Lipinski definition) is 1. The van der Waals surface area contributed by atoms with Crippen molar-refractivity contribution in [3.8, 4) is 11.1 Å². The Bertz CT molecular complexity index is 1750. The lowest BCUT2D eigenvalue weighted by atomic mass is 9.86. The van der Waals surface area contributed by atoms with Gasteiger partial charge in [-0.3, -0.25) is 19.3 Å². The Labute approximate surface area is 252 Å². The number of ketones is 2. The molecule has 0 amide bonds. The number of carbonyl (C=O) groups is 2. The van der Waals surface area contributed by atoms with E-state index in [1.165, 1.54) is 25.3 Å². The van der Waals surface area contributed by atoms with Gasteiger partial charge in [0.05, 0.1) is 17.4 Å². The maximum absolute atomic E-state index is 14.9. The lowest BCUT2D eigenvalue weighted by molar-refractivity contribution is -0.120. The van der Waals surface area contributed by atoms with Crippen LogP contribution >= 0.6 is 0 Å². The van der Waals surface area contributed by atoms with Gasteiger partial charge in [0.1, 0.15) is 35.4 Å². The van der Waals surface area contributed by atoms with Crippen LogP contribution in [0.1, 0.15) is 83.2 Å². The number of pyridine rings is 1. The molecule has 13 heteroatoms. The summed E-state index contributed by atoms with van der Waals surface area (Å²) in [5.41, 5.74) is -1.85. The minimum absolute atomic E-state index is 0.136. The van der Waals surface area contributed by atoms with Gasteiger partial charge in [-0.25, -0.2) is 22.0 Å². The fourth-order valence-corrected chi connectivity index (χ4v) is 5.80. The number of Topliss-reactive ketones (excluding diaryl/α,β-unsaturated/α-hetero) is 2. The van der Waals surface area contributed by atoms with Crippen molar-refractivity contribution in [1.82, 2.24) is 14.8 Å². The van der Waals surface area contributed by atoms with Crippen LogP contribution in [0.5, 0.6) is 0 Å². The number of aromatic nitrogens is 3. The average molecular weight is 634 g/mol. The first-order valence-corrected chi connectivity index (χ1v) is 13.9. The van der Waals surface area contributed by atoms with E-state index < -0.39 is 96.1 Å². The lowest BCUT2D eigenvalue weighted by Gasteiger charge is -2.27. The highest BCUT2D eigenvalue weighted by Crippen LogP contribution is 2.47. The van der Waals surface area contributed by atoms with Crippen LogP contribution in [0, 0.1) is 17.5 Å². The summed E-state index contributed by atoms with van der Waals surface area (Å²) >= 11 is 0. The predicted molar refractivity (Wildman–Crippen MR) is 147 cm³/mol. The molecule has 45 heavy (non-hydrogen) atoms. The van der Waals surface area contributed by atoms with Crippen LogP contribution in [-0.2, 0) is 23.7 Å². The second-order valence-corrected chi connectivity index (χ2v) is 11.0. The third-order valence-electron chi connectivity index (χ3n) is 7.72. The topological polar surface area (TPSA) is 85.1 Å². The van der Waals surface area contributed by atoms with Crippen molar-refractivity contribution < 1.29 is 45.4 Å². The molecule has 0 spiro atoms. The van der Waals surface area contributed by atoms with Crippen LogP contribution < -0.4 is 0 Å². The van der Waals surface area contributed by atoms with E-state index in [9.17, 15) is 45.4 Å². The smallest absolute Gasteiger partial charge is 0.289 e. The second-order valence-electron chi connectivity index (χ2n) is 11.0. The summed E-state index contributed by atoms with van der Waals surface area (Å²) in [7, 11) is 0. The van der Waals surface area contributed by atoms with Crippen LogP contribution in [0.25, 0.3) is 11.1 Å². The first-order chi connectivity index (χ1) is 21.2. The molecule has 6 nitrogen and oxygen atoms in total. The van der Waals surface area contributed by atoms with Gasteiger partial charge in [0.2, 0.25) is 0 Å². The second kappa shape index (κ2) is 12.5. The average Bonchev–Trinajstić information content (AvgIpc) is 3.36. The molecule has 2 aromatic heterocycles. The minimum Gasteiger partial charge on any atom is -0.388 e. The van der Waals surface area contributed by atoms with Crippen LogP contribution in [-0.4, -0.2) is 31.4 Å². The van der Waals surface area contributed by atoms with Gasteiger partial charge in [0, 0.05) is 42.1 Å². The third kappa shape index (κ3) is 6.68. The van der Waals surface area contributed by atoms with Crippen molar-refractivity contribution in [3.63, 3.8) is 0 Å². The molecule has 4 aromatic rings. The van der Waals surface area contributed by atoms with Gasteiger partial charge in [0.25, 0.3) is 12.3 Å². The Morgan fingerprint density at radius 2 is 1.76 bits per heavy atom. The number of fused-ring (bicyclic) bond motifs is 1. The normalized spacial score (nSPS) is 16.4. The summed E-state index contributed by atoms with van der Waals surface area (Å²) < 4.78 is 100. The number of benzene rings is 2. The summed E-state index contributed by atoms with van der Waals surface area (Å²) in [5.74, 6) is -8.42. The molecule has 0 aliphatic heterocycles. The van der Waals surface area contributed by atoms with Gasteiger partial charge in [-0.15, -0.1) is 0 Å². The Hall–Kier alpha value is -4.39. The van der Waals surface area contributed by atoms with Crippen molar-refractivity contribution in [2.45, 2.75) is 63.5 Å². The fourth-order valence-electron chi connectivity index (χ4n) is 5.80. The van der Waals surface area contributed by atoms with Gasteiger partial charge >= 0.3 is 0 Å². The van der Waals surface area contributed by atoms with E-state index in [2.05, 4.69) is 10.1 Å². The molecule has 1 unspecified atom stereocenters. The minimum atomic E-state index is -3.64. The molecule has 2 atom stereocenters. The number of rotatable bonds is 10. The molecule has 2 aromatic carbocycles. The van der Waals surface area contributed by atoms with Gasteiger partial charge in [-0.05, 0) is 61.2 Å². The SMILES string of the molecule is CC(=O)c1cc(-c2cccnc2[C@@H](CC(=O)Cn2nc(C(F)F)c3c2C(F)(F)CCC3O)Cc2cc(F)cc(F)c2)ccc1F. The Balaban J connectivity index is 1.55. The van der Waals surface area contributed by atoms with Crippen LogP contribution in [0.4, 0.5) is 30.7 Å². The number of carbonyl (C=O) groups excluding carboxylic acids is 2. The number of alkyl halides is 4. The molecule has 1 aliphatic carbocycles. The molecule has 5 rings (SSSR count). The molecular formula is C32H26F7N3O3. The predicted octanol–water partition coefficient (Wildman–Crippen LogP) is 7.41. The van der Waals surface area contributed by atoms with E-state index in [-0.39, 0.29) is 23.2 Å². The molecule has 2 heterocycles. The third-order valence-corrected chi connectivity index (χ3v) is 7.72. The number of nitrogens with zero attached hydrogens (tertiary/aromatic N) is 3. The van der Waals surface area contributed by atoms with Gasteiger partial charge in [0.15, 0.2) is 11.6 Å². The van der Waals surface area contributed by atoms with Gasteiger partial charge in [-0.2, -0.15) is 13.9 Å². The first kappa shape index (κ1) is 32.0. The first-order valence-electron chi connectivity index (χ1n) is 13.9. The van der Waals surface area contributed by atoms with E-state index >= 15 is 0 Å². The highest BCUT2D eigenvalue weighted by molar-refractivity contribution is 5.95. The van der Waals surface area contributed by atoms with Gasteiger partial charge in [-0.1, -0.05) is 12.1 Å². The van der Waals surface area contributed by atoms with Crippen molar-refractivity contribution >= 4 is 11.6 Å². The summed E-state index contributed by atoms with van der Waals surface area (Å²) in [5, 5.41) is 13.9. The molecule has 0 saturated carbocycles. The van der Waals surface area contributed by atoms with E-state index in [1.54, 1.807) is 12.1 Å². The molecule has 0 fully saturated rings. The monoisotopic (exact) mass is 633 g/mol. The largest absolute Gasteiger partial charge is 0.388 e. The standard InChI is InChI=1S/C32H26F7N3O3/c1-16(43)24-13-18(4-5-25(24)35)23-3-2-8-40-28(23)19(9-17-10-20(33)14-21(34)11-17)12-22(44)15-42-30-27(29(41-42)31(36)37)26(45)6-7-32(30,38)39/h2-5,8,10-11,13-14,19,26,31,45H,6-7,9,12,15H2,1H3/t19-,26?/m1/s1. The molecule has 0 bridgehead atoms. The summed E-state index contributed by atoms with van der Waals surface area (Å²) in [4.78, 5) is 29.9. The molecular weight excluding hydrogens is 607 g/mol. The number of aliphatic hydroxyl groups excluding tert-OH is 1. The molecule has 0 radical (unpaired) electrons. The van der Waals surface area contributed by atoms with Crippen LogP contribution in [0.15, 0.2) is 54.7 Å². The fraction of sp³-hybridized carbons (Fsp3) is 0.312. The number of aliphatic hydroxyl groups is 1. The van der Waals surface area contributed by atoms with Crippen molar-refractivity contribution in [2.75, 3.05) is 0 Å². The van der Waals surface area contributed by atoms with E-state index in [4.69, 9.17) is 0 Å². The van der Waals surface area contributed by atoms with E-state index in [0.29, 0.717) is 21.9 Å². The van der Waals surface area contributed by atoms with Crippen LogP contribution in [0.2, 0.25) is 0 Å². The summed E-state index contributed by atoms with van der Waals surface area (Å²) in [6.07, 6.45) is -5.46. The molecule has 1 aliphatic rings. The highest BCUT2D eigenvalue weighted by atomic mass is 19.3. The number of halogens is 7. The molecule has 236 valence electrons. The summed E-state index contributed by atoms with van der Waals surface area (Å²) in [6.45, 7) is 0.320. The maximum Gasteiger partial charge on any atom is 0.289 e. The zero-order valence-electron chi connectivity index (χ0n) is 23.7. The maximum atomic E-state index is 14.9. The van der Waals surface area contributed by atoms with E-state index in [0.717, 1.165) is 18.2 Å². The molecule has 0 saturated heterocycles. The van der Waals surface area contributed by atoms with E-state index in [1.807, 2.05) is 0 Å². The Morgan fingerprint density at radius 1 is 1.04 bits per heavy atom. The quantitative estimate of drug-likeness (QED) is 0.145. The van der Waals surface area contributed by atoms with Crippen molar-refractivity contribution in [1.29, 1.82) is 0 Å². The number of hydrogen-bond acceptors (Lipinski definition) is 5. The summed E-state index contributed by atoms with van der Waals surface area (Å²) in [6, 6.07) is 9.67. The van der Waals surface area contributed by atoms with Crippen molar-refractivity contribution in [2.24, 2.45) is 0 Å². The highest BCUT2D eigenvalue weighted by Gasteiger charge is 2.47. The van der Waals surface area contributed by atoms with Crippen LogP contribution in [0.3, 0.4) is 0 Å². The van der Waals surface area contributed by atoms with Crippen molar-refractivity contribution in [3.05, 3.63) is 106 Å².